The molecule has 4 heteroatoms. The summed E-state index contributed by atoms with van der Waals surface area (Å²) in [7, 11) is 1.81. The Balaban J connectivity index is 1.93. The molecule has 0 aliphatic carbocycles. The number of fused-ring (bicyclic) bond motifs is 3. The monoisotopic (exact) mass is 340 g/mol. The highest BCUT2D eigenvalue weighted by Gasteiger charge is 2.32. The van der Waals surface area contributed by atoms with E-state index >= 15 is 0 Å². The van der Waals surface area contributed by atoms with E-state index in [-0.39, 0.29) is 0 Å². The first kappa shape index (κ1) is 14.6. The summed E-state index contributed by atoms with van der Waals surface area (Å²) in [5, 5.41) is 0. The van der Waals surface area contributed by atoms with Gasteiger partial charge in [0, 0.05) is 18.3 Å². The predicted octanol–water partition coefficient (Wildman–Crippen LogP) is 5.91. The third-order valence-electron chi connectivity index (χ3n) is 4.56. The van der Waals surface area contributed by atoms with Crippen molar-refractivity contribution < 1.29 is 14.5 Å². The first-order valence-corrected chi connectivity index (χ1v) is 7.94. The van der Waals surface area contributed by atoms with Crippen LogP contribution in [-0.4, -0.2) is 7.05 Å². The van der Waals surface area contributed by atoms with Crippen LogP contribution >= 0.6 is 0 Å². The summed E-state index contributed by atoms with van der Waals surface area (Å²) in [6.07, 6.45) is -4.39. The van der Waals surface area contributed by atoms with E-state index in [1.54, 1.807) is 7.05 Å². The van der Waals surface area contributed by atoms with Gasteiger partial charge in [-0.05, 0) is 34.9 Å². The Bertz CT molecular complexity index is 965. The molecule has 3 aromatic rings. The Morgan fingerprint density at radius 2 is 1.44 bits per heavy atom. The molecule has 0 spiro atoms. The van der Waals surface area contributed by atoms with Crippen LogP contribution < -0.4 is 4.90 Å². The molecule has 1 heterocycles. The zero-order valence-corrected chi connectivity index (χ0v) is 13.5. The Kier molecular flexibility index (Phi) is 3.30. The van der Waals surface area contributed by atoms with Crippen molar-refractivity contribution in [3.8, 4) is 11.1 Å². The van der Waals surface area contributed by atoms with Gasteiger partial charge in [-0.1, -0.05) is 54.6 Å². The quantitative estimate of drug-likeness (QED) is 0.532. The first-order chi connectivity index (χ1) is 12.3. The first-order valence-electron chi connectivity index (χ1n) is 8.44. The highest BCUT2D eigenvalue weighted by atomic mass is 19.4. The van der Waals surface area contributed by atoms with Crippen LogP contribution in [0.15, 0.2) is 72.8 Å². The Morgan fingerprint density at radius 3 is 2.12 bits per heavy atom. The van der Waals surface area contributed by atoms with Gasteiger partial charge in [0.15, 0.2) is 0 Å². The molecule has 1 aliphatic rings. The molecule has 0 aromatic heterocycles. The maximum Gasteiger partial charge on any atom is 0.416 e. The minimum Gasteiger partial charge on any atom is -0.363 e. The summed E-state index contributed by atoms with van der Waals surface area (Å²) >= 11 is 0. The van der Waals surface area contributed by atoms with Gasteiger partial charge in [-0.25, -0.2) is 0 Å². The molecule has 25 heavy (non-hydrogen) atoms. The maximum absolute atomic E-state index is 12.9. The van der Waals surface area contributed by atoms with E-state index in [0.29, 0.717) is 5.56 Å². The van der Waals surface area contributed by atoms with Crippen LogP contribution in [0.25, 0.3) is 11.1 Å². The van der Waals surface area contributed by atoms with Crippen molar-refractivity contribution in [2.75, 3.05) is 11.9 Å². The lowest BCUT2D eigenvalue weighted by Crippen LogP contribution is -2.29. The van der Waals surface area contributed by atoms with Gasteiger partial charge in [0.05, 0.1) is 13.0 Å². The van der Waals surface area contributed by atoms with E-state index in [0.717, 1.165) is 34.5 Å². The highest BCUT2D eigenvalue weighted by molar-refractivity contribution is 5.85. The summed E-state index contributed by atoms with van der Waals surface area (Å²) < 4.78 is 48.0. The fraction of sp³-hybridized carbons (Fsp3) is 0.143. The van der Waals surface area contributed by atoms with E-state index in [2.05, 4.69) is 0 Å². The normalized spacial score (nSPS) is 19.8. The predicted molar refractivity (Wildman–Crippen MR) is 93.6 cm³/mol. The average Bonchev–Trinajstić information content (AvgIpc) is 2.65. The van der Waals surface area contributed by atoms with Crippen molar-refractivity contribution in [2.24, 2.45) is 0 Å². The summed E-state index contributed by atoms with van der Waals surface area (Å²) in [5.74, 6) is 0. The number of benzene rings is 3. The van der Waals surface area contributed by atoms with Gasteiger partial charge in [-0.15, -0.1) is 0 Å². The molecule has 0 amide bonds. The van der Waals surface area contributed by atoms with Crippen LogP contribution in [-0.2, 0) is 6.18 Å². The molecular weight excluding hydrogens is 323 g/mol. The summed E-state index contributed by atoms with van der Waals surface area (Å²) in [6.45, 7) is 0. The van der Waals surface area contributed by atoms with Crippen LogP contribution in [0, 0.1) is 0 Å². The van der Waals surface area contributed by atoms with Crippen molar-refractivity contribution >= 4 is 5.69 Å². The molecule has 0 saturated carbocycles. The zero-order chi connectivity index (χ0) is 18.5. The minimum atomic E-state index is -4.39. The maximum atomic E-state index is 12.9. The number of para-hydroxylation sites is 1. The third-order valence-corrected chi connectivity index (χ3v) is 4.56. The lowest BCUT2D eigenvalue weighted by molar-refractivity contribution is -0.137. The fourth-order valence-corrected chi connectivity index (χ4v) is 3.39. The van der Waals surface area contributed by atoms with Crippen molar-refractivity contribution in [2.45, 2.75) is 12.2 Å². The number of anilines is 1. The number of rotatable bonds is 1. The molecule has 1 nitrogen and oxygen atoms in total. The lowest BCUT2D eigenvalue weighted by Gasteiger charge is -2.38. The van der Waals surface area contributed by atoms with Gasteiger partial charge in [-0.2, -0.15) is 13.2 Å². The summed E-state index contributed by atoms with van der Waals surface area (Å²) in [4.78, 5) is 1.81. The number of halogens is 3. The largest absolute Gasteiger partial charge is 0.416 e. The van der Waals surface area contributed by atoms with Crippen molar-refractivity contribution in [1.82, 2.24) is 0 Å². The average molecular weight is 340 g/mol. The van der Waals surface area contributed by atoms with Crippen LogP contribution in [0.3, 0.4) is 0 Å². The highest BCUT2D eigenvalue weighted by Crippen LogP contribution is 2.46. The molecular formula is C21H16F3N. The van der Waals surface area contributed by atoms with Crippen LogP contribution in [0.5, 0.6) is 0 Å². The van der Waals surface area contributed by atoms with Gasteiger partial charge in [0.25, 0.3) is 0 Å². The second kappa shape index (κ2) is 5.66. The molecule has 0 radical (unpaired) electrons. The molecule has 0 N–H and O–H groups in total. The van der Waals surface area contributed by atoms with Gasteiger partial charge in [0.2, 0.25) is 0 Å². The van der Waals surface area contributed by atoms with Gasteiger partial charge < -0.3 is 4.90 Å². The molecule has 0 saturated heterocycles. The van der Waals surface area contributed by atoms with Crippen molar-refractivity contribution in [1.29, 1.82) is 0 Å². The van der Waals surface area contributed by atoms with E-state index < -0.39 is 17.8 Å². The molecule has 126 valence electrons. The molecule has 4 rings (SSSR count). The molecule has 1 aliphatic heterocycles. The SMILES string of the molecule is [2H]C1(c2ccc(C(F)(F)F)cc2)c2ccccc2-c2ccccc2N1C. The van der Waals surface area contributed by atoms with Gasteiger partial charge in [0.1, 0.15) is 0 Å². The topological polar surface area (TPSA) is 3.24 Å². The van der Waals surface area contributed by atoms with Crippen LogP contribution in [0.4, 0.5) is 18.9 Å². The fourth-order valence-electron chi connectivity index (χ4n) is 3.39. The van der Waals surface area contributed by atoms with Crippen molar-refractivity contribution in [3.05, 3.63) is 89.5 Å². The number of hydrogen-bond donors (Lipinski definition) is 0. The standard InChI is InChI=1S/C21H16F3N/c1-25-19-9-5-4-7-17(19)16-6-2-3-8-18(16)20(25)14-10-12-15(13-11-14)21(22,23)24/h2-13,20H,1H3/i20D. The number of alkyl halides is 3. The Hall–Kier alpha value is -2.75. The van der Waals surface area contributed by atoms with E-state index in [1.165, 1.54) is 12.1 Å². The van der Waals surface area contributed by atoms with E-state index in [4.69, 9.17) is 0 Å². The summed E-state index contributed by atoms with van der Waals surface area (Å²) in [6, 6.07) is 18.9. The van der Waals surface area contributed by atoms with Crippen LogP contribution in [0.1, 0.15) is 24.1 Å². The van der Waals surface area contributed by atoms with Crippen molar-refractivity contribution in [3.63, 3.8) is 0 Å². The smallest absolute Gasteiger partial charge is 0.363 e. The molecule has 0 bridgehead atoms. The second-order valence-corrected chi connectivity index (χ2v) is 6.05. The Labute approximate surface area is 145 Å². The molecule has 3 aromatic carbocycles. The number of hydrogen-bond acceptors (Lipinski definition) is 1. The van der Waals surface area contributed by atoms with E-state index in [1.807, 2.05) is 53.4 Å². The van der Waals surface area contributed by atoms with Crippen LogP contribution in [0.2, 0.25) is 0 Å². The molecule has 1 unspecified atom stereocenters. The zero-order valence-electron chi connectivity index (χ0n) is 14.5. The van der Waals surface area contributed by atoms with Gasteiger partial charge in [-0.3, -0.25) is 0 Å². The molecule has 1 atom stereocenters. The second-order valence-electron chi connectivity index (χ2n) is 6.05. The Morgan fingerprint density at radius 1 is 0.840 bits per heavy atom. The van der Waals surface area contributed by atoms with Gasteiger partial charge >= 0.3 is 6.18 Å². The number of nitrogens with zero attached hydrogens (tertiary/aromatic N) is 1. The molecule has 0 fully saturated rings. The summed E-state index contributed by atoms with van der Waals surface area (Å²) in [5.41, 5.74) is 3.35. The van der Waals surface area contributed by atoms with E-state index in [9.17, 15) is 14.5 Å². The lowest BCUT2D eigenvalue weighted by atomic mass is 9.85. The minimum absolute atomic E-state index is 0.495. The third kappa shape index (κ3) is 2.58.